The number of nitrogens with one attached hydrogen (secondary N) is 1. The summed E-state index contributed by atoms with van der Waals surface area (Å²) in [4.78, 5) is 32.3. The third-order valence-corrected chi connectivity index (χ3v) is 2.18. The largest absolute Gasteiger partial charge is 0.476 e. The predicted molar refractivity (Wildman–Crippen MR) is 56.0 cm³/mol. The molecule has 1 aromatic heterocycles. The number of nitrogens with zero attached hydrogens (tertiary/aromatic N) is 2. The van der Waals surface area contributed by atoms with Crippen molar-refractivity contribution in [2.24, 2.45) is 0 Å². The third-order valence-electron chi connectivity index (χ3n) is 2.18. The van der Waals surface area contributed by atoms with Crippen molar-refractivity contribution in [2.45, 2.75) is 0 Å². The van der Waals surface area contributed by atoms with Crippen molar-refractivity contribution in [1.29, 1.82) is 0 Å². The lowest BCUT2D eigenvalue weighted by Gasteiger charge is -1.99. The Morgan fingerprint density at radius 1 is 1.47 bits per heavy atom. The zero-order chi connectivity index (χ0) is 12.6. The summed E-state index contributed by atoms with van der Waals surface area (Å²) in [5.41, 5.74) is -1.97. The van der Waals surface area contributed by atoms with Crippen molar-refractivity contribution >= 4 is 22.6 Å². The van der Waals surface area contributed by atoms with Gasteiger partial charge in [-0.3, -0.25) is 20.0 Å². The minimum absolute atomic E-state index is 0.0772. The lowest BCUT2D eigenvalue weighted by Crippen LogP contribution is -2.18. The van der Waals surface area contributed by atoms with Crippen LogP contribution in [0.4, 0.5) is 5.69 Å². The Labute approximate surface area is 92.7 Å². The van der Waals surface area contributed by atoms with Crippen LogP contribution >= 0.6 is 0 Å². The number of benzene rings is 1. The van der Waals surface area contributed by atoms with E-state index in [-0.39, 0.29) is 16.6 Å². The first-order valence-corrected chi connectivity index (χ1v) is 4.41. The van der Waals surface area contributed by atoms with Crippen molar-refractivity contribution in [1.82, 2.24) is 10.2 Å². The van der Waals surface area contributed by atoms with Gasteiger partial charge in [0.1, 0.15) is 5.52 Å². The van der Waals surface area contributed by atoms with Gasteiger partial charge in [-0.15, -0.1) is 0 Å². The molecular weight excluding hydrogens is 230 g/mol. The summed E-state index contributed by atoms with van der Waals surface area (Å²) in [5.74, 6) is -1.49. The minimum atomic E-state index is -1.49. The summed E-state index contributed by atoms with van der Waals surface area (Å²) < 4.78 is 0. The van der Waals surface area contributed by atoms with Crippen molar-refractivity contribution in [3.05, 3.63) is 44.2 Å². The number of aromatic amines is 1. The molecular formula is C9H5N3O5. The Kier molecular flexibility index (Phi) is 2.32. The smallest absolute Gasteiger partial charge is 0.360 e. The highest BCUT2D eigenvalue weighted by molar-refractivity contribution is 5.92. The molecule has 0 aliphatic carbocycles. The zero-order valence-corrected chi connectivity index (χ0v) is 8.21. The number of nitro groups is 1. The maximum Gasteiger partial charge on any atom is 0.360 e. The van der Waals surface area contributed by atoms with Gasteiger partial charge in [0, 0.05) is 6.07 Å². The van der Waals surface area contributed by atoms with Crippen molar-refractivity contribution in [2.75, 3.05) is 0 Å². The van der Waals surface area contributed by atoms with Crippen LogP contribution in [0.1, 0.15) is 10.5 Å². The van der Waals surface area contributed by atoms with Crippen LogP contribution in [0.3, 0.4) is 0 Å². The highest BCUT2D eigenvalue weighted by atomic mass is 16.6. The first kappa shape index (κ1) is 10.7. The normalized spacial score (nSPS) is 10.4. The maximum atomic E-state index is 11.7. The SMILES string of the molecule is O=C(O)c1n[nH]c2c([N+](=O)[O-])cccc2c1=O. The van der Waals surface area contributed by atoms with Crippen LogP contribution in [0.15, 0.2) is 23.0 Å². The Hall–Kier alpha value is -2.77. The van der Waals surface area contributed by atoms with Gasteiger partial charge in [-0.05, 0) is 6.07 Å². The van der Waals surface area contributed by atoms with E-state index in [2.05, 4.69) is 10.2 Å². The van der Waals surface area contributed by atoms with E-state index >= 15 is 0 Å². The van der Waals surface area contributed by atoms with Crippen LogP contribution in [0.5, 0.6) is 0 Å². The third kappa shape index (κ3) is 1.61. The summed E-state index contributed by atoms with van der Waals surface area (Å²) >= 11 is 0. The van der Waals surface area contributed by atoms with Gasteiger partial charge >= 0.3 is 5.97 Å². The number of aromatic carboxylic acids is 1. The number of H-pyrrole nitrogens is 1. The Balaban J connectivity index is 2.90. The molecule has 1 heterocycles. The molecule has 0 fully saturated rings. The van der Waals surface area contributed by atoms with E-state index < -0.39 is 22.0 Å². The number of para-hydroxylation sites is 1. The number of carbonyl (C=O) groups is 1. The number of carboxylic acid groups (broad SMARTS) is 1. The van der Waals surface area contributed by atoms with Gasteiger partial charge in [-0.2, -0.15) is 5.10 Å². The molecule has 0 spiro atoms. The average molecular weight is 235 g/mol. The lowest BCUT2D eigenvalue weighted by atomic mass is 10.2. The first-order valence-electron chi connectivity index (χ1n) is 4.41. The highest BCUT2D eigenvalue weighted by Gasteiger charge is 2.18. The predicted octanol–water partition coefficient (Wildman–Crippen LogP) is 0.529. The second kappa shape index (κ2) is 3.67. The van der Waals surface area contributed by atoms with E-state index in [1.165, 1.54) is 18.2 Å². The second-order valence-electron chi connectivity index (χ2n) is 3.16. The van der Waals surface area contributed by atoms with Gasteiger partial charge in [-0.1, -0.05) is 6.07 Å². The van der Waals surface area contributed by atoms with E-state index in [9.17, 15) is 19.7 Å². The number of aromatic nitrogens is 2. The molecule has 86 valence electrons. The number of hydrogen-bond acceptors (Lipinski definition) is 5. The Morgan fingerprint density at radius 3 is 2.76 bits per heavy atom. The van der Waals surface area contributed by atoms with Crippen molar-refractivity contribution in [3.63, 3.8) is 0 Å². The summed E-state index contributed by atoms with van der Waals surface area (Å²) in [5, 5.41) is 24.8. The van der Waals surface area contributed by atoms with Crippen LogP contribution in [0.25, 0.3) is 10.9 Å². The topological polar surface area (TPSA) is 126 Å². The molecule has 8 nitrogen and oxygen atoms in total. The molecule has 0 amide bonds. The average Bonchev–Trinajstić information content (AvgIpc) is 2.28. The second-order valence-corrected chi connectivity index (χ2v) is 3.16. The standard InChI is InChI=1S/C9H5N3O5/c13-8-4-2-1-3-5(12(16)17)6(4)10-11-7(8)9(14)15/h1-3H,(H,10,13)(H,14,15). The van der Waals surface area contributed by atoms with Crippen LogP contribution in [-0.2, 0) is 0 Å². The quantitative estimate of drug-likeness (QED) is 0.577. The zero-order valence-electron chi connectivity index (χ0n) is 8.21. The number of fused-ring (bicyclic) bond motifs is 1. The van der Waals surface area contributed by atoms with Gasteiger partial charge in [-0.25, -0.2) is 4.79 Å². The molecule has 0 atom stereocenters. The van der Waals surface area contributed by atoms with Crippen LogP contribution in [0.2, 0.25) is 0 Å². The van der Waals surface area contributed by atoms with Crippen molar-refractivity contribution < 1.29 is 14.8 Å². The number of rotatable bonds is 2. The van der Waals surface area contributed by atoms with Crippen LogP contribution < -0.4 is 5.43 Å². The molecule has 8 heteroatoms. The molecule has 2 N–H and O–H groups in total. The van der Waals surface area contributed by atoms with Gasteiger partial charge in [0.15, 0.2) is 0 Å². The number of nitro benzene ring substituents is 1. The van der Waals surface area contributed by atoms with Gasteiger partial charge in [0.25, 0.3) is 5.69 Å². The highest BCUT2D eigenvalue weighted by Crippen LogP contribution is 2.20. The number of hydrogen-bond donors (Lipinski definition) is 2. The maximum absolute atomic E-state index is 11.7. The molecule has 0 saturated carbocycles. The Bertz CT molecular complexity index is 691. The molecule has 0 saturated heterocycles. The molecule has 0 radical (unpaired) electrons. The van der Waals surface area contributed by atoms with Crippen molar-refractivity contribution in [3.8, 4) is 0 Å². The monoisotopic (exact) mass is 235 g/mol. The minimum Gasteiger partial charge on any atom is -0.476 e. The van der Waals surface area contributed by atoms with E-state index in [4.69, 9.17) is 5.11 Å². The molecule has 0 aliphatic rings. The first-order chi connectivity index (χ1) is 8.02. The van der Waals surface area contributed by atoms with Gasteiger partial charge in [0.2, 0.25) is 11.1 Å². The van der Waals surface area contributed by atoms with E-state index in [1.807, 2.05) is 0 Å². The summed E-state index contributed by atoms with van der Waals surface area (Å²) in [7, 11) is 0. The summed E-state index contributed by atoms with van der Waals surface area (Å²) in [6.07, 6.45) is 0. The molecule has 0 bridgehead atoms. The fraction of sp³-hybridized carbons (Fsp3) is 0. The van der Waals surface area contributed by atoms with Crippen LogP contribution in [0, 0.1) is 10.1 Å². The van der Waals surface area contributed by atoms with Gasteiger partial charge in [0.05, 0.1) is 10.3 Å². The molecule has 2 rings (SSSR count). The van der Waals surface area contributed by atoms with Gasteiger partial charge < -0.3 is 5.11 Å². The molecule has 17 heavy (non-hydrogen) atoms. The lowest BCUT2D eigenvalue weighted by molar-refractivity contribution is -0.383. The molecule has 0 aliphatic heterocycles. The molecule has 0 unspecified atom stereocenters. The molecule has 2 aromatic rings. The van der Waals surface area contributed by atoms with E-state index in [0.29, 0.717) is 0 Å². The summed E-state index contributed by atoms with van der Waals surface area (Å²) in [6, 6.07) is 3.80. The fourth-order valence-electron chi connectivity index (χ4n) is 1.43. The fourth-order valence-corrected chi connectivity index (χ4v) is 1.43. The van der Waals surface area contributed by atoms with E-state index in [0.717, 1.165) is 0 Å². The number of non-ortho nitro benzene ring substituents is 1. The Morgan fingerprint density at radius 2 is 2.18 bits per heavy atom. The van der Waals surface area contributed by atoms with Crippen LogP contribution in [-0.4, -0.2) is 26.2 Å². The number of carboxylic acids is 1. The van der Waals surface area contributed by atoms with E-state index in [1.54, 1.807) is 0 Å². The summed E-state index contributed by atoms with van der Waals surface area (Å²) in [6.45, 7) is 0. The molecule has 1 aromatic carbocycles.